The zero-order chi connectivity index (χ0) is 19.2. The number of anilines is 1. The van der Waals surface area contributed by atoms with E-state index in [0.29, 0.717) is 0 Å². The lowest BCUT2D eigenvalue weighted by Gasteiger charge is -2.27. The van der Waals surface area contributed by atoms with Gasteiger partial charge in [0.05, 0.1) is 0 Å². The van der Waals surface area contributed by atoms with Crippen molar-refractivity contribution in [2.24, 2.45) is 0 Å². The second-order valence-corrected chi connectivity index (χ2v) is 7.09. The molecule has 2 aromatic rings. The second kappa shape index (κ2) is 9.00. The van der Waals surface area contributed by atoms with Gasteiger partial charge in [0, 0.05) is 35.8 Å². The molecule has 0 aliphatic heterocycles. The molecule has 0 aliphatic rings. The molecule has 0 spiro atoms. The normalized spacial score (nSPS) is 13.8. The number of allylic oxidation sites excluding steroid dienone is 1. The maximum atomic E-state index is 13.7. The van der Waals surface area contributed by atoms with Crippen LogP contribution in [0.15, 0.2) is 48.5 Å². The van der Waals surface area contributed by atoms with Gasteiger partial charge < -0.3 is 10.6 Å². The summed E-state index contributed by atoms with van der Waals surface area (Å²) in [5, 5.41) is 0. The third-order valence-corrected chi connectivity index (χ3v) is 5.40. The molecule has 0 aromatic heterocycles. The summed E-state index contributed by atoms with van der Waals surface area (Å²) in [5.74, 6) is -0.192. The van der Waals surface area contributed by atoms with E-state index in [-0.39, 0.29) is 11.2 Å². The summed E-state index contributed by atoms with van der Waals surface area (Å²) in [6.45, 7) is 10.7. The molecule has 0 bridgehead atoms. The Balaban J connectivity index is 2.13. The van der Waals surface area contributed by atoms with Crippen molar-refractivity contribution in [3.63, 3.8) is 0 Å². The van der Waals surface area contributed by atoms with Crippen LogP contribution in [-0.2, 0) is 5.41 Å². The van der Waals surface area contributed by atoms with Crippen LogP contribution >= 0.6 is 0 Å². The maximum Gasteiger partial charge on any atom is 0.131 e. The van der Waals surface area contributed by atoms with E-state index in [1.807, 2.05) is 0 Å². The molecule has 1 unspecified atom stereocenters. The zero-order valence-corrected chi connectivity index (χ0v) is 16.6. The molecule has 26 heavy (non-hydrogen) atoms. The van der Waals surface area contributed by atoms with Crippen LogP contribution in [0.3, 0.4) is 0 Å². The fourth-order valence-electron chi connectivity index (χ4n) is 3.40. The van der Waals surface area contributed by atoms with E-state index < -0.39 is 0 Å². The average Bonchev–Trinajstić information content (AvgIpc) is 2.65. The molecule has 0 aliphatic carbocycles. The molecule has 3 N–H and O–H groups in total. The van der Waals surface area contributed by atoms with E-state index in [1.165, 1.54) is 17.3 Å². The van der Waals surface area contributed by atoms with Gasteiger partial charge in [-0.3, -0.25) is 0 Å². The average molecular weight is 356 g/mol. The minimum atomic E-state index is -0.192. The Bertz CT molecular complexity index is 732. The fraction of sp³-hybridized carbons (Fsp3) is 0.391. The number of benzene rings is 2. The van der Waals surface area contributed by atoms with Crippen molar-refractivity contribution in [2.45, 2.75) is 46.0 Å². The SMILES string of the molecule is CCN(CC)c1ccc(/C=C/CC(C)(CC)c2cc(F)ccc2[NH3+])cc1. The lowest BCUT2D eigenvalue weighted by atomic mass is 9.76. The van der Waals surface area contributed by atoms with Gasteiger partial charge in [-0.15, -0.1) is 0 Å². The Kier molecular flexibility index (Phi) is 6.98. The van der Waals surface area contributed by atoms with Gasteiger partial charge in [0.15, 0.2) is 0 Å². The van der Waals surface area contributed by atoms with Crippen LogP contribution in [0.25, 0.3) is 6.08 Å². The molecule has 1 atom stereocenters. The summed E-state index contributed by atoms with van der Waals surface area (Å²) >= 11 is 0. The zero-order valence-electron chi connectivity index (χ0n) is 16.6. The summed E-state index contributed by atoms with van der Waals surface area (Å²) in [4.78, 5) is 2.33. The first kappa shape index (κ1) is 20.2. The molecule has 140 valence electrons. The number of hydrogen-bond donors (Lipinski definition) is 1. The number of rotatable bonds is 8. The minimum Gasteiger partial charge on any atom is -0.372 e. The van der Waals surface area contributed by atoms with Crippen LogP contribution in [0, 0.1) is 5.82 Å². The smallest absolute Gasteiger partial charge is 0.131 e. The quantitative estimate of drug-likeness (QED) is 0.683. The van der Waals surface area contributed by atoms with Crippen molar-refractivity contribution < 1.29 is 10.1 Å². The summed E-state index contributed by atoms with van der Waals surface area (Å²) in [6, 6.07) is 13.5. The van der Waals surface area contributed by atoms with Gasteiger partial charge in [-0.25, -0.2) is 4.39 Å². The molecule has 2 rings (SSSR count). The van der Waals surface area contributed by atoms with Crippen LogP contribution in [0.4, 0.5) is 15.8 Å². The maximum absolute atomic E-state index is 13.7. The number of halogens is 1. The van der Waals surface area contributed by atoms with E-state index in [0.717, 1.165) is 37.2 Å². The van der Waals surface area contributed by atoms with E-state index in [2.05, 4.69) is 74.7 Å². The second-order valence-electron chi connectivity index (χ2n) is 7.09. The molecule has 0 saturated carbocycles. The van der Waals surface area contributed by atoms with Gasteiger partial charge in [-0.2, -0.15) is 0 Å². The van der Waals surface area contributed by atoms with Crippen LogP contribution in [-0.4, -0.2) is 13.1 Å². The Labute approximate surface area is 157 Å². The monoisotopic (exact) mass is 355 g/mol. The minimum absolute atomic E-state index is 0.114. The van der Waals surface area contributed by atoms with Crippen molar-refractivity contribution in [1.29, 1.82) is 0 Å². The molecule has 0 heterocycles. The topological polar surface area (TPSA) is 30.9 Å². The highest BCUT2D eigenvalue weighted by atomic mass is 19.1. The predicted octanol–water partition coefficient (Wildman–Crippen LogP) is 5.32. The van der Waals surface area contributed by atoms with E-state index in [1.54, 1.807) is 12.1 Å². The number of hydrogen-bond acceptors (Lipinski definition) is 1. The van der Waals surface area contributed by atoms with Gasteiger partial charge in [0.1, 0.15) is 11.5 Å². The largest absolute Gasteiger partial charge is 0.372 e. The molecule has 0 amide bonds. The van der Waals surface area contributed by atoms with Gasteiger partial charge in [-0.1, -0.05) is 38.1 Å². The molecule has 2 nitrogen and oxygen atoms in total. The van der Waals surface area contributed by atoms with E-state index >= 15 is 0 Å². The Morgan fingerprint density at radius 1 is 1.04 bits per heavy atom. The fourth-order valence-corrected chi connectivity index (χ4v) is 3.40. The molecule has 0 saturated heterocycles. The first-order valence-electron chi connectivity index (χ1n) is 9.57. The summed E-state index contributed by atoms with van der Waals surface area (Å²) in [6.07, 6.45) is 6.14. The van der Waals surface area contributed by atoms with Gasteiger partial charge in [0.25, 0.3) is 0 Å². The first-order chi connectivity index (χ1) is 12.4. The summed E-state index contributed by atoms with van der Waals surface area (Å²) in [5.41, 5.74) is 8.33. The highest BCUT2D eigenvalue weighted by Crippen LogP contribution is 2.35. The van der Waals surface area contributed by atoms with Crippen molar-refractivity contribution in [1.82, 2.24) is 0 Å². The number of nitrogens with zero attached hydrogens (tertiary/aromatic N) is 1. The van der Waals surface area contributed by atoms with Crippen molar-refractivity contribution in [3.05, 3.63) is 65.5 Å². The van der Waals surface area contributed by atoms with Crippen LogP contribution in [0.2, 0.25) is 0 Å². The molecule has 3 heteroatoms. The molecular formula is C23H32FN2+. The Morgan fingerprint density at radius 2 is 1.69 bits per heavy atom. The first-order valence-corrected chi connectivity index (χ1v) is 9.57. The molecule has 2 aromatic carbocycles. The molecule has 0 fully saturated rings. The third kappa shape index (κ3) is 4.73. The van der Waals surface area contributed by atoms with Gasteiger partial charge >= 0.3 is 0 Å². The summed E-state index contributed by atoms with van der Waals surface area (Å²) in [7, 11) is 0. The molecule has 0 radical (unpaired) electrons. The van der Waals surface area contributed by atoms with Crippen LogP contribution in [0.5, 0.6) is 0 Å². The third-order valence-electron chi connectivity index (χ3n) is 5.40. The highest BCUT2D eigenvalue weighted by Gasteiger charge is 2.27. The number of quaternary nitrogens is 1. The van der Waals surface area contributed by atoms with E-state index in [9.17, 15) is 4.39 Å². The van der Waals surface area contributed by atoms with Crippen LogP contribution in [0.1, 0.15) is 51.7 Å². The standard InChI is InChI=1S/C23H31FN2/c1-5-23(4,21-17-19(24)12-15-22(21)25)16-8-9-18-10-13-20(14-11-18)26(6-2)7-3/h8-15,17H,5-7,16,25H2,1-4H3/p+1/b9-8+. The van der Waals surface area contributed by atoms with Crippen molar-refractivity contribution >= 4 is 17.5 Å². The van der Waals surface area contributed by atoms with Gasteiger partial charge in [0.2, 0.25) is 0 Å². The van der Waals surface area contributed by atoms with Crippen LogP contribution < -0.4 is 10.6 Å². The lowest BCUT2D eigenvalue weighted by molar-refractivity contribution is -0.256. The van der Waals surface area contributed by atoms with Crippen molar-refractivity contribution in [3.8, 4) is 0 Å². The Morgan fingerprint density at radius 3 is 2.27 bits per heavy atom. The lowest BCUT2D eigenvalue weighted by Crippen LogP contribution is -2.43. The summed E-state index contributed by atoms with van der Waals surface area (Å²) < 4.78 is 13.7. The Hall–Kier alpha value is -2.13. The van der Waals surface area contributed by atoms with Crippen molar-refractivity contribution in [2.75, 3.05) is 18.0 Å². The molecular weight excluding hydrogens is 323 g/mol. The highest BCUT2D eigenvalue weighted by molar-refractivity contribution is 5.56. The predicted molar refractivity (Wildman–Crippen MR) is 110 cm³/mol. The van der Waals surface area contributed by atoms with E-state index in [4.69, 9.17) is 0 Å². The van der Waals surface area contributed by atoms with Gasteiger partial charge in [-0.05, 0) is 56.5 Å².